The summed E-state index contributed by atoms with van der Waals surface area (Å²) in [6.07, 6.45) is 6.21. The largest absolute Gasteiger partial charge is 0.193 e. The second-order valence-electron chi connectivity index (χ2n) is 10.2. The van der Waals surface area contributed by atoms with Crippen molar-refractivity contribution >= 4 is 0 Å². The highest BCUT2D eigenvalue weighted by molar-refractivity contribution is 5.57. The van der Waals surface area contributed by atoms with Crippen molar-refractivity contribution in [3.8, 4) is 0 Å². The van der Waals surface area contributed by atoms with Gasteiger partial charge in [0, 0.05) is 0 Å². The number of nitrogens with one attached hydrogen (secondary N) is 1. The van der Waals surface area contributed by atoms with Crippen LogP contribution in [0.2, 0.25) is 0 Å². The van der Waals surface area contributed by atoms with Crippen LogP contribution in [0.4, 0.5) is 0 Å². The molecule has 0 unspecified atom stereocenters. The summed E-state index contributed by atoms with van der Waals surface area (Å²) in [5, 5.41) is 15.8. The number of H-pyrrole nitrogens is 1. The molecule has 1 N–H and O–H groups in total. The van der Waals surface area contributed by atoms with Gasteiger partial charge < -0.3 is 0 Å². The molecule has 1 heterocycles. The first-order chi connectivity index (χ1) is 18.3. The zero-order valence-electron chi connectivity index (χ0n) is 21.3. The van der Waals surface area contributed by atoms with E-state index < -0.39 is 5.41 Å². The maximum atomic E-state index is 4.56. The number of nitrogens with zero attached hydrogens (tertiary/aromatic N) is 3. The zero-order chi connectivity index (χ0) is 25.1. The molecule has 4 aromatic carbocycles. The fraction of sp³-hybridized carbons (Fsp3) is 0.242. The van der Waals surface area contributed by atoms with E-state index in [2.05, 4.69) is 119 Å². The molecule has 1 saturated carbocycles. The Balaban J connectivity index is 1.51. The van der Waals surface area contributed by atoms with Crippen molar-refractivity contribution in [3.05, 3.63) is 148 Å². The number of hydrogen-bond donors (Lipinski definition) is 1. The van der Waals surface area contributed by atoms with Crippen LogP contribution in [0, 0.1) is 6.92 Å². The second kappa shape index (κ2) is 10.1. The summed E-state index contributed by atoms with van der Waals surface area (Å²) in [5.41, 5.74) is 8.42. The maximum Gasteiger partial charge on any atom is 0.193 e. The van der Waals surface area contributed by atoms with Crippen LogP contribution in [0.25, 0.3) is 0 Å². The van der Waals surface area contributed by atoms with Crippen LogP contribution in [-0.4, -0.2) is 20.6 Å². The molecule has 0 bridgehead atoms. The fourth-order valence-corrected chi connectivity index (χ4v) is 6.41. The normalized spacial score (nSPS) is 14.2. The minimum Gasteiger partial charge on any atom is -0.177 e. The molecule has 1 aliphatic rings. The molecular formula is C33H32N4. The Bertz CT molecular complexity index is 1410. The lowest BCUT2D eigenvalue weighted by Gasteiger charge is -2.33. The van der Waals surface area contributed by atoms with Crippen molar-refractivity contribution in [1.82, 2.24) is 20.6 Å². The maximum absolute atomic E-state index is 4.56. The summed E-state index contributed by atoms with van der Waals surface area (Å²) in [7, 11) is 0. The topological polar surface area (TPSA) is 54.5 Å². The number of tetrazole rings is 1. The van der Waals surface area contributed by atoms with Crippen molar-refractivity contribution < 1.29 is 0 Å². The third-order valence-corrected chi connectivity index (χ3v) is 8.03. The standard InChI is InChI=1S/C33H32N4/c1-24-12-10-16-27(31(24)26-14-8-9-15-26)22-25-13-11-21-30(23-25)33(32-34-36-37-35-32,28-17-4-2-5-18-28)29-19-6-3-7-20-29/h2-7,10-13,16-21,23,26H,8-9,14-15,22H2,1H3,(H,34,35,36,37). The minimum atomic E-state index is -0.688. The van der Waals surface area contributed by atoms with E-state index in [0.29, 0.717) is 11.7 Å². The van der Waals surface area contributed by atoms with Crippen LogP contribution in [0.5, 0.6) is 0 Å². The number of hydrogen-bond acceptors (Lipinski definition) is 3. The fourth-order valence-electron chi connectivity index (χ4n) is 6.41. The van der Waals surface area contributed by atoms with Gasteiger partial charge in [0.1, 0.15) is 5.41 Å². The summed E-state index contributed by atoms with van der Waals surface area (Å²) in [6.45, 7) is 2.28. The van der Waals surface area contributed by atoms with Gasteiger partial charge in [-0.3, -0.25) is 0 Å². The van der Waals surface area contributed by atoms with E-state index in [9.17, 15) is 0 Å². The average Bonchev–Trinajstić information content (AvgIpc) is 3.67. The van der Waals surface area contributed by atoms with Crippen molar-refractivity contribution in [2.24, 2.45) is 0 Å². The van der Waals surface area contributed by atoms with Crippen LogP contribution < -0.4 is 0 Å². The number of aromatic nitrogens is 4. The predicted octanol–water partition coefficient (Wildman–Crippen LogP) is 7.14. The van der Waals surface area contributed by atoms with Crippen molar-refractivity contribution in [2.75, 3.05) is 0 Å². The third kappa shape index (κ3) is 4.27. The Labute approximate surface area is 218 Å². The van der Waals surface area contributed by atoms with E-state index in [1.165, 1.54) is 42.4 Å². The summed E-state index contributed by atoms with van der Waals surface area (Å²) in [4.78, 5) is 0. The quantitative estimate of drug-likeness (QED) is 0.250. The summed E-state index contributed by atoms with van der Waals surface area (Å²) >= 11 is 0. The molecule has 1 fully saturated rings. The number of aromatic amines is 1. The van der Waals surface area contributed by atoms with Gasteiger partial charge in [0.05, 0.1) is 0 Å². The Kier molecular flexibility index (Phi) is 6.40. The smallest absolute Gasteiger partial charge is 0.177 e. The Morgan fingerprint density at radius 1 is 0.757 bits per heavy atom. The molecule has 4 heteroatoms. The second-order valence-corrected chi connectivity index (χ2v) is 10.2. The van der Waals surface area contributed by atoms with Gasteiger partial charge in [-0.15, -0.1) is 10.2 Å². The molecule has 0 radical (unpaired) electrons. The zero-order valence-corrected chi connectivity index (χ0v) is 21.3. The first-order valence-corrected chi connectivity index (χ1v) is 13.3. The average molecular weight is 485 g/mol. The van der Waals surface area contributed by atoms with Gasteiger partial charge >= 0.3 is 0 Å². The first kappa shape index (κ1) is 23.4. The molecule has 6 rings (SSSR count). The Morgan fingerprint density at radius 2 is 1.41 bits per heavy atom. The monoisotopic (exact) mass is 484 g/mol. The Hall–Kier alpha value is -4.05. The van der Waals surface area contributed by atoms with Gasteiger partial charge in [-0.25, -0.2) is 0 Å². The number of aryl methyl sites for hydroxylation is 1. The van der Waals surface area contributed by atoms with Gasteiger partial charge in [-0.2, -0.15) is 5.21 Å². The van der Waals surface area contributed by atoms with E-state index in [-0.39, 0.29) is 0 Å². The van der Waals surface area contributed by atoms with Crippen LogP contribution in [0.3, 0.4) is 0 Å². The lowest BCUT2D eigenvalue weighted by molar-refractivity contribution is 0.680. The SMILES string of the molecule is Cc1cccc(Cc2cccc(C(c3ccccc3)(c3ccccc3)c3nn[nH]n3)c2)c1C1CCCC1. The van der Waals surface area contributed by atoms with E-state index >= 15 is 0 Å². The van der Waals surface area contributed by atoms with Gasteiger partial charge in [0.15, 0.2) is 5.82 Å². The van der Waals surface area contributed by atoms with E-state index in [0.717, 1.165) is 23.1 Å². The lowest BCUT2D eigenvalue weighted by Crippen LogP contribution is -2.32. The lowest BCUT2D eigenvalue weighted by atomic mass is 9.68. The minimum absolute atomic E-state index is 0.643. The first-order valence-electron chi connectivity index (χ1n) is 13.3. The molecule has 0 saturated heterocycles. The highest BCUT2D eigenvalue weighted by atomic mass is 15.5. The van der Waals surface area contributed by atoms with Crippen molar-refractivity contribution in [2.45, 2.75) is 50.4 Å². The molecule has 5 aromatic rings. The van der Waals surface area contributed by atoms with E-state index in [1.807, 2.05) is 12.1 Å². The highest BCUT2D eigenvalue weighted by Crippen LogP contribution is 2.44. The van der Waals surface area contributed by atoms with Crippen LogP contribution in [-0.2, 0) is 11.8 Å². The molecule has 0 aliphatic heterocycles. The summed E-state index contributed by atoms with van der Waals surface area (Å²) in [6, 6.07) is 36.9. The molecular weight excluding hydrogens is 452 g/mol. The molecule has 4 nitrogen and oxygen atoms in total. The number of benzene rings is 4. The third-order valence-electron chi connectivity index (χ3n) is 8.03. The van der Waals surface area contributed by atoms with Crippen molar-refractivity contribution in [1.29, 1.82) is 0 Å². The predicted molar refractivity (Wildman–Crippen MR) is 148 cm³/mol. The van der Waals surface area contributed by atoms with Crippen LogP contribution in [0.15, 0.2) is 103 Å². The molecule has 0 spiro atoms. The molecule has 37 heavy (non-hydrogen) atoms. The van der Waals surface area contributed by atoms with Gasteiger partial charge in [-0.05, 0) is 71.0 Å². The van der Waals surface area contributed by atoms with E-state index in [1.54, 1.807) is 5.56 Å². The highest BCUT2D eigenvalue weighted by Gasteiger charge is 2.42. The van der Waals surface area contributed by atoms with Gasteiger partial charge in [0.25, 0.3) is 0 Å². The van der Waals surface area contributed by atoms with Crippen LogP contribution in [0.1, 0.15) is 76.4 Å². The summed E-state index contributed by atoms with van der Waals surface area (Å²) < 4.78 is 0. The van der Waals surface area contributed by atoms with Crippen LogP contribution >= 0.6 is 0 Å². The van der Waals surface area contributed by atoms with Gasteiger partial charge in [0.2, 0.25) is 0 Å². The van der Waals surface area contributed by atoms with E-state index in [4.69, 9.17) is 0 Å². The summed E-state index contributed by atoms with van der Waals surface area (Å²) in [5.74, 6) is 1.33. The molecule has 0 amide bonds. The molecule has 0 atom stereocenters. The Morgan fingerprint density at radius 3 is 2.05 bits per heavy atom. The molecule has 1 aliphatic carbocycles. The van der Waals surface area contributed by atoms with Gasteiger partial charge in [-0.1, -0.05) is 121 Å². The molecule has 184 valence electrons. The number of rotatable bonds is 7. The van der Waals surface area contributed by atoms with Crippen molar-refractivity contribution in [3.63, 3.8) is 0 Å². The molecule has 1 aromatic heterocycles.